The van der Waals surface area contributed by atoms with Crippen molar-refractivity contribution >= 4 is 46.6 Å². The number of halogens is 2. The van der Waals surface area contributed by atoms with Gasteiger partial charge < -0.3 is 39.5 Å². The molecule has 2 heterocycles. The van der Waals surface area contributed by atoms with Crippen molar-refractivity contribution in [3.05, 3.63) is 167 Å². The van der Waals surface area contributed by atoms with E-state index in [2.05, 4.69) is 0 Å². The Morgan fingerprint density at radius 1 is 0.578 bits per heavy atom. The first-order chi connectivity index (χ1) is 29.5. The molecule has 64 heavy (non-hydrogen) atoms. The van der Waals surface area contributed by atoms with E-state index in [1.165, 1.54) is 85.0 Å². The van der Waals surface area contributed by atoms with Gasteiger partial charge in [0.2, 0.25) is 0 Å². The van der Waals surface area contributed by atoms with Gasteiger partial charge in [-0.2, -0.15) is 0 Å². The summed E-state index contributed by atoms with van der Waals surface area (Å²) in [5, 5.41) is 65.3. The molecule has 0 aliphatic rings. The molecule has 6 rings (SSSR count). The van der Waals surface area contributed by atoms with Crippen LogP contribution < -0.4 is 69.3 Å². The molecule has 0 unspecified atom stereocenters. The van der Waals surface area contributed by atoms with Crippen LogP contribution in [-0.4, -0.2) is 32.4 Å². The molecule has 0 fully saturated rings. The van der Waals surface area contributed by atoms with Gasteiger partial charge in [-0.25, -0.2) is 18.4 Å². The van der Waals surface area contributed by atoms with Crippen molar-refractivity contribution in [3.8, 4) is 11.5 Å². The van der Waals surface area contributed by atoms with Crippen LogP contribution in [0.15, 0.2) is 151 Å². The first-order valence-corrected chi connectivity index (χ1v) is 21.1. The molecule has 0 saturated carbocycles. The zero-order valence-electron chi connectivity index (χ0n) is 36.2. The van der Waals surface area contributed by atoms with Gasteiger partial charge in [0.1, 0.15) is 11.6 Å². The number of carboxylic acid groups (broad SMARTS) is 2. The smallest absolute Gasteiger partial charge is 0.872 e. The molecule has 10 nitrogen and oxygen atoms in total. The molecular formula is C48H44F2Na2O10S2. The van der Waals surface area contributed by atoms with Crippen molar-refractivity contribution in [2.24, 2.45) is 0 Å². The van der Waals surface area contributed by atoms with Crippen LogP contribution in [0.2, 0.25) is 0 Å². The Bertz CT molecular complexity index is 2390. The number of aliphatic carboxylic acids is 2. The summed E-state index contributed by atoms with van der Waals surface area (Å²) in [5.74, 6) is -4.03. The first kappa shape index (κ1) is 54.3. The number of hydrogen-bond donors (Lipinski definition) is 4. The van der Waals surface area contributed by atoms with E-state index in [1.54, 1.807) is 48.5 Å². The van der Waals surface area contributed by atoms with Gasteiger partial charge in [0, 0.05) is 42.9 Å². The van der Waals surface area contributed by atoms with Gasteiger partial charge in [-0.05, 0) is 120 Å². The minimum atomic E-state index is -1.18. The Morgan fingerprint density at radius 2 is 0.938 bits per heavy atom. The molecule has 0 aliphatic carbocycles. The van der Waals surface area contributed by atoms with E-state index in [0.29, 0.717) is 67.5 Å². The Labute approximate surface area is 422 Å². The van der Waals surface area contributed by atoms with Crippen molar-refractivity contribution in [1.29, 1.82) is 0 Å². The predicted octanol–water partition coefficient (Wildman–Crippen LogP) is 4.34. The molecule has 0 atom stereocenters. The summed E-state index contributed by atoms with van der Waals surface area (Å²) < 4.78 is 38.4. The van der Waals surface area contributed by atoms with Crippen LogP contribution in [0, 0.1) is 11.6 Å². The molecular weight excluding hydrogens is 885 g/mol. The summed E-state index contributed by atoms with van der Waals surface area (Å²) in [5.41, 5.74) is 0.632. The standard InChI is InChI=1S/2C24H23FO5S.2Na/c2*1-3-24(29,4-2)16-9-17(25)11-19(10-16)31-18-5-6-20(22(26)12-18)21(13-23(27)28)15-7-8-30-14-15;;/h2*5-14,26,29H,3-4H2,1-2H3,(H,27,28);;/q;;2*+1/p-2. The maximum Gasteiger partial charge on any atom is 1.00 e. The van der Waals surface area contributed by atoms with Crippen LogP contribution in [0.3, 0.4) is 0 Å². The second kappa shape index (κ2) is 24.5. The molecule has 324 valence electrons. The van der Waals surface area contributed by atoms with Gasteiger partial charge in [-0.15, -0.1) is 0 Å². The molecule has 0 spiro atoms. The fraction of sp³-hybridized carbons (Fsp3) is 0.208. The molecule has 2 aromatic heterocycles. The monoisotopic (exact) mass is 928 g/mol. The van der Waals surface area contributed by atoms with Crippen molar-refractivity contribution in [2.75, 3.05) is 0 Å². The molecule has 0 amide bonds. The number of carbonyl (C=O) groups is 2. The number of aliphatic hydroxyl groups is 2. The zero-order valence-corrected chi connectivity index (χ0v) is 41.8. The summed E-state index contributed by atoms with van der Waals surface area (Å²) in [4.78, 5) is 24.7. The number of hydrogen-bond acceptors (Lipinski definition) is 10. The second-order valence-corrected chi connectivity index (χ2v) is 16.5. The van der Waals surface area contributed by atoms with Gasteiger partial charge in [0.25, 0.3) is 0 Å². The van der Waals surface area contributed by atoms with Crippen molar-refractivity contribution < 1.29 is 117 Å². The average Bonchev–Trinajstić information content (AvgIpc) is 3.98. The Hall–Kier alpha value is -4.06. The largest absolute Gasteiger partial charge is 1.00 e. The molecule has 4 N–H and O–H groups in total. The Morgan fingerprint density at radius 3 is 1.22 bits per heavy atom. The van der Waals surface area contributed by atoms with Crippen molar-refractivity contribution in [3.63, 3.8) is 0 Å². The van der Waals surface area contributed by atoms with E-state index in [9.17, 15) is 49.0 Å². The van der Waals surface area contributed by atoms with Gasteiger partial charge in [0.05, 0.1) is 36.3 Å². The van der Waals surface area contributed by atoms with Crippen LogP contribution in [0.25, 0.3) is 11.1 Å². The summed E-state index contributed by atoms with van der Waals surface area (Å²) >= 11 is 2.39. The van der Waals surface area contributed by atoms with Crippen LogP contribution >= 0.6 is 23.5 Å². The SMILES string of the molecule is CCC(O)(CC)c1cc(F)cc(Sc2ccc(C(=CC(=O)O)c3ccoc3)c([O-])c2)c1.CCC(O)(CC)c1cc(F)cc(Sc2ccc(C(=CC(=O)O)c3ccoc3)c([O-])c2)c1.[Na+].[Na+]. The van der Waals surface area contributed by atoms with Crippen LogP contribution in [-0.2, 0) is 20.8 Å². The quantitative estimate of drug-likeness (QED) is 0.0796. The van der Waals surface area contributed by atoms with Crippen LogP contribution in [0.5, 0.6) is 11.5 Å². The summed E-state index contributed by atoms with van der Waals surface area (Å²) in [6.45, 7) is 7.36. The molecule has 0 radical (unpaired) electrons. The van der Waals surface area contributed by atoms with Gasteiger partial charge in [-0.3, -0.25) is 0 Å². The number of carboxylic acids is 2. The minimum absolute atomic E-state index is 0. The van der Waals surface area contributed by atoms with Gasteiger partial charge in [-0.1, -0.05) is 87.0 Å². The number of furan rings is 2. The van der Waals surface area contributed by atoms with E-state index >= 15 is 0 Å². The van der Waals surface area contributed by atoms with Crippen LogP contribution in [0.1, 0.15) is 86.8 Å². The third kappa shape index (κ3) is 14.0. The van der Waals surface area contributed by atoms with E-state index in [4.69, 9.17) is 8.83 Å². The minimum Gasteiger partial charge on any atom is -0.872 e. The molecule has 6 aromatic rings. The Balaban J connectivity index is 0.000000330. The summed E-state index contributed by atoms with van der Waals surface area (Å²) in [6, 6.07) is 21.1. The van der Waals surface area contributed by atoms with Crippen molar-refractivity contribution in [2.45, 2.75) is 84.2 Å². The van der Waals surface area contributed by atoms with E-state index in [0.717, 1.165) is 12.2 Å². The fourth-order valence-electron chi connectivity index (χ4n) is 6.66. The third-order valence-electron chi connectivity index (χ3n) is 10.3. The fourth-order valence-corrected chi connectivity index (χ4v) is 8.53. The maximum absolute atomic E-state index is 14.2. The Kier molecular flexibility index (Phi) is 20.7. The second-order valence-electron chi connectivity index (χ2n) is 14.2. The predicted molar refractivity (Wildman–Crippen MR) is 229 cm³/mol. The topological polar surface area (TPSA) is 187 Å². The van der Waals surface area contributed by atoms with Crippen molar-refractivity contribution in [1.82, 2.24) is 0 Å². The zero-order chi connectivity index (χ0) is 45.2. The molecule has 16 heteroatoms. The molecule has 0 saturated heterocycles. The number of benzene rings is 4. The average molecular weight is 929 g/mol. The summed E-state index contributed by atoms with van der Waals surface area (Å²) in [6.07, 6.45) is 9.25. The summed E-state index contributed by atoms with van der Waals surface area (Å²) in [7, 11) is 0. The maximum atomic E-state index is 14.2. The first-order valence-electron chi connectivity index (χ1n) is 19.5. The van der Waals surface area contributed by atoms with Crippen LogP contribution in [0.4, 0.5) is 8.78 Å². The molecule has 0 aliphatic heterocycles. The third-order valence-corrected chi connectivity index (χ3v) is 12.2. The number of rotatable bonds is 16. The van der Waals surface area contributed by atoms with E-state index < -0.39 is 34.8 Å². The molecule has 4 aromatic carbocycles. The van der Waals surface area contributed by atoms with Gasteiger partial charge in [0.15, 0.2) is 0 Å². The van der Waals surface area contributed by atoms with E-state index in [-0.39, 0.29) is 92.9 Å². The molecule has 0 bridgehead atoms. The van der Waals surface area contributed by atoms with Gasteiger partial charge >= 0.3 is 71.1 Å². The van der Waals surface area contributed by atoms with E-state index in [1.807, 2.05) is 27.7 Å². The normalized spacial score (nSPS) is 11.8.